The quantitative estimate of drug-likeness (QED) is 0.503. The zero-order valence-electron chi connectivity index (χ0n) is 15.9. The lowest BCUT2D eigenvalue weighted by atomic mass is 10.0. The second-order valence-corrected chi connectivity index (χ2v) is 6.42. The Balaban J connectivity index is 2.32. The average molecular weight is 424 g/mol. The van der Waals surface area contributed by atoms with Crippen molar-refractivity contribution in [2.24, 2.45) is 0 Å². The van der Waals surface area contributed by atoms with Crippen molar-refractivity contribution in [3.63, 3.8) is 0 Å². The highest BCUT2D eigenvalue weighted by Gasteiger charge is 2.32. The Kier molecular flexibility index (Phi) is 5.06. The van der Waals surface area contributed by atoms with Crippen LogP contribution in [-0.2, 0) is 12.6 Å². The molecule has 3 rings (SSSR count). The number of nitrogens with zero attached hydrogens (tertiary/aromatic N) is 6. The van der Waals surface area contributed by atoms with E-state index in [1.54, 1.807) is 6.92 Å². The van der Waals surface area contributed by atoms with E-state index in [2.05, 4.69) is 15.2 Å². The molecule has 0 fully saturated rings. The minimum Gasteiger partial charge on any atom is -0.504 e. The largest absolute Gasteiger partial charge is 0.504 e. The highest BCUT2D eigenvalue weighted by molar-refractivity contribution is 5.53. The molecule has 30 heavy (non-hydrogen) atoms. The Morgan fingerprint density at radius 3 is 2.23 bits per heavy atom. The van der Waals surface area contributed by atoms with Gasteiger partial charge >= 0.3 is 17.7 Å². The topological polar surface area (TPSA) is 129 Å². The van der Waals surface area contributed by atoms with Crippen LogP contribution in [0.15, 0.2) is 23.3 Å². The molecular weight excluding hydrogens is 409 g/mol. The Morgan fingerprint density at radius 1 is 1.17 bits per heavy atom. The SMILES string of the molecule is CCc1nn(-c2c(C)cc(C(F)(F)F)cc2C)c(=O)c(-n2cnc([N+](=O)[O-])n2)c1O. The molecule has 0 saturated heterocycles. The molecule has 1 N–H and O–H groups in total. The molecule has 0 spiro atoms. The van der Waals surface area contributed by atoms with E-state index in [1.807, 2.05) is 0 Å². The van der Waals surface area contributed by atoms with Crippen LogP contribution in [0, 0.1) is 24.0 Å². The third kappa shape index (κ3) is 3.49. The van der Waals surface area contributed by atoms with Crippen LogP contribution in [0.25, 0.3) is 11.4 Å². The zero-order valence-corrected chi connectivity index (χ0v) is 15.9. The van der Waals surface area contributed by atoms with Crippen molar-refractivity contribution in [1.29, 1.82) is 0 Å². The molecule has 1 aromatic carbocycles. The molecule has 2 aromatic heterocycles. The zero-order chi connectivity index (χ0) is 22.4. The number of aromatic nitrogens is 5. The molecule has 3 aromatic rings. The molecule has 0 bridgehead atoms. The smallest absolute Gasteiger partial charge is 0.491 e. The normalized spacial score (nSPS) is 11.7. The summed E-state index contributed by atoms with van der Waals surface area (Å²) in [6.45, 7) is 4.42. The van der Waals surface area contributed by atoms with Gasteiger partial charge in [-0.2, -0.15) is 23.0 Å². The molecule has 10 nitrogen and oxygen atoms in total. The van der Waals surface area contributed by atoms with Crippen molar-refractivity contribution >= 4 is 5.95 Å². The molecule has 0 amide bonds. The molecule has 2 heterocycles. The van der Waals surface area contributed by atoms with E-state index in [4.69, 9.17) is 0 Å². The molecule has 158 valence electrons. The van der Waals surface area contributed by atoms with Crippen LogP contribution in [0.1, 0.15) is 29.3 Å². The average Bonchev–Trinajstić information content (AvgIpc) is 3.12. The van der Waals surface area contributed by atoms with Crippen LogP contribution in [-0.4, -0.2) is 34.6 Å². The summed E-state index contributed by atoms with van der Waals surface area (Å²) in [5.74, 6) is -1.35. The van der Waals surface area contributed by atoms with Gasteiger partial charge in [0.1, 0.15) is 5.69 Å². The summed E-state index contributed by atoms with van der Waals surface area (Å²) in [6.07, 6.45) is -3.53. The van der Waals surface area contributed by atoms with E-state index in [1.165, 1.54) is 13.8 Å². The monoisotopic (exact) mass is 424 g/mol. The van der Waals surface area contributed by atoms with Gasteiger partial charge in [-0.05, 0) is 48.5 Å². The molecule has 0 aliphatic rings. The van der Waals surface area contributed by atoms with Crippen LogP contribution in [0.5, 0.6) is 5.75 Å². The predicted molar refractivity (Wildman–Crippen MR) is 96.9 cm³/mol. The molecule has 0 aliphatic heterocycles. The van der Waals surface area contributed by atoms with Crippen LogP contribution in [0.3, 0.4) is 0 Å². The maximum absolute atomic E-state index is 13.1. The molecule has 0 unspecified atom stereocenters. The first-order valence-electron chi connectivity index (χ1n) is 8.56. The van der Waals surface area contributed by atoms with Gasteiger partial charge in [-0.1, -0.05) is 11.9 Å². The number of halogens is 3. The van der Waals surface area contributed by atoms with Crippen molar-refractivity contribution in [2.75, 3.05) is 0 Å². The molecule has 0 saturated carbocycles. The van der Waals surface area contributed by atoms with Crippen molar-refractivity contribution in [1.82, 2.24) is 24.5 Å². The van der Waals surface area contributed by atoms with E-state index < -0.39 is 39.6 Å². The van der Waals surface area contributed by atoms with E-state index in [0.717, 1.165) is 27.8 Å². The molecule has 0 atom stereocenters. The van der Waals surface area contributed by atoms with Gasteiger partial charge in [0.25, 0.3) is 0 Å². The van der Waals surface area contributed by atoms with Crippen LogP contribution >= 0.6 is 0 Å². The number of aryl methyl sites for hydroxylation is 3. The predicted octanol–water partition coefficient (Wildman–Crippen LogP) is 2.63. The van der Waals surface area contributed by atoms with E-state index >= 15 is 0 Å². The number of aromatic hydroxyl groups is 1. The molecule has 13 heteroatoms. The highest BCUT2D eigenvalue weighted by atomic mass is 19.4. The minimum atomic E-state index is -4.57. The first-order chi connectivity index (χ1) is 14.0. The van der Waals surface area contributed by atoms with Gasteiger partial charge in [-0.15, -0.1) is 4.68 Å². The summed E-state index contributed by atoms with van der Waals surface area (Å²) >= 11 is 0. The van der Waals surface area contributed by atoms with Crippen LogP contribution in [0.2, 0.25) is 0 Å². The van der Waals surface area contributed by atoms with Crippen molar-refractivity contribution in [3.05, 3.63) is 61.3 Å². The number of alkyl halides is 3. The summed E-state index contributed by atoms with van der Waals surface area (Å²) in [6, 6.07) is 1.77. The van der Waals surface area contributed by atoms with E-state index in [9.17, 15) is 33.2 Å². The standard InChI is InChI=1S/C17H15F3N6O4/c1-4-11-14(27)13(24-7-21-16(23-24)26(29)30)15(28)25(22-11)12-8(2)5-10(6-9(12)3)17(18,19)20/h5-7,27H,4H2,1-3H3. The summed E-state index contributed by atoms with van der Waals surface area (Å²) in [4.78, 5) is 26.5. The van der Waals surface area contributed by atoms with Gasteiger partial charge < -0.3 is 15.2 Å². The van der Waals surface area contributed by atoms with Gasteiger partial charge in [0.2, 0.25) is 6.33 Å². The number of rotatable bonds is 4. The van der Waals surface area contributed by atoms with Crippen molar-refractivity contribution in [2.45, 2.75) is 33.4 Å². The lowest BCUT2D eigenvalue weighted by Gasteiger charge is -2.17. The van der Waals surface area contributed by atoms with Gasteiger partial charge in [-0.3, -0.25) is 4.79 Å². The third-order valence-corrected chi connectivity index (χ3v) is 4.35. The number of benzene rings is 1. The van der Waals surface area contributed by atoms with Gasteiger partial charge in [0, 0.05) is 5.10 Å². The maximum Gasteiger partial charge on any atom is 0.491 e. The number of hydrogen-bond donors (Lipinski definition) is 1. The Morgan fingerprint density at radius 2 is 1.77 bits per heavy atom. The van der Waals surface area contributed by atoms with Crippen LogP contribution in [0.4, 0.5) is 19.1 Å². The molecule has 0 radical (unpaired) electrons. The van der Waals surface area contributed by atoms with Gasteiger partial charge in [-0.25, -0.2) is 0 Å². The third-order valence-electron chi connectivity index (χ3n) is 4.35. The summed E-state index contributed by atoms with van der Waals surface area (Å²) in [5, 5.41) is 28.9. The minimum absolute atomic E-state index is 0.0430. The van der Waals surface area contributed by atoms with Crippen molar-refractivity contribution < 1.29 is 23.2 Å². The van der Waals surface area contributed by atoms with Gasteiger partial charge in [0.05, 0.1) is 11.3 Å². The first-order valence-corrected chi connectivity index (χ1v) is 8.56. The Labute approximate surface area is 166 Å². The summed E-state index contributed by atoms with van der Waals surface area (Å²) in [5.41, 5.74) is -1.88. The van der Waals surface area contributed by atoms with E-state index in [-0.39, 0.29) is 28.9 Å². The lowest BCUT2D eigenvalue weighted by molar-refractivity contribution is -0.394. The molecular formula is C17H15F3N6O4. The fraction of sp³-hybridized carbons (Fsp3) is 0.294. The Hall–Kier alpha value is -3.77. The maximum atomic E-state index is 13.1. The Bertz CT molecular complexity index is 1190. The second-order valence-electron chi connectivity index (χ2n) is 6.42. The van der Waals surface area contributed by atoms with Crippen molar-refractivity contribution in [3.8, 4) is 17.1 Å². The first kappa shape index (κ1) is 21.0. The molecule has 0 aliphatic carbocycles. The highest BCUT2D eigenvalue weighted by Crippen LogP contribution is 2.33. The van der Waals surface area contributed by atoms with Gasteiger partial charge in [0.15, 0.2) is 11.4 Å². The number of nitro groups is 1. The fourth-order valence-corrected chi connectivity index (χ4v) is 3.05. The lowest BCUT2D eigenvalue weighted by Crippen LogP contribution is -2.28. The van der Waals surface area contributed by atoms with E-state index in [0.29, 0.717) is 0 Å². The second kappa shape index (κ2) is 7.24. The fourth-order valence-electron chi connectivity index (χ4n) is 3.05. The van der Waals surface area contributed by atoms with Crippen LogP contribution < -0.4 is 5.56 Å². The summed E-state index contributed by atoms with van der Waals surface area (Å²) in [7, 11) is 0. The summed E-state index contributed by atoms with van der Waals surface area (Å²) < 4.78 is 40.9. The number of hydrogen-bond acceptors (Lipinski definition) is 7.